The Morgan fingerprint density at radius 3 is 2.56 bits per heavy atom. The third-order valence-electron chi connectivity index (χ3n) is 4.17. The van der Waals surface area contributed by atoms with Crippen LogP contribution in [-0.2, 0) is 12.8 Å². The molecule has 1 saturated carbocycles. The minimum atomic E-state index is 0.181. The summed E-state index contributed by atoms with van der Waals surface area (Å²) >= 11 is 0. The average Bonchev–Trinajstić information content (AvgIpc) is 2.69. The Morgan fingerprint density at radius 1 is 1.00 bits per heavy atom. The minimum absolute atomic E-state index is 0.181. The molecule has 0 aromatic carbocycles. The molecule has 0 bridgehead atoms. The van der Waals surface area contributed by atoms with E-state index in [1.165, 1.54) is 50.6 Å². The van der Waals surface area contributed by atoms with Gasteiger partial charge in [-0.05, 0) is 38.5 Å². The Morgan fingerprint density at radius 2 is 1.75 bits per heavy atom. The number of nitrogens with one attached hydrogen (secondary N) is 1. The molecule has 1 fully saturated rings. The molecule has 1 aromatic heterocycles. The molecule has 1 N–H and O–H groups in total. The van der Waals surface area contributed by atoms with Crippen LogP contribution in [0, 0.1) is 0 Å². The van der Waals surface area contributed by atoms with E-state index in [2.05, 4.69) is 9.78 Å². The van der Waals surface area contributed by atoms with Crippen LogP contribution in [0.3, 0.4) is 0 Å². The van der Waals surface area contributed by atoms with Crippen molar-refractivity contribution in [1.29, 1.82) is 0 Å². The second-order valence-electron chi connectivity index (χ2n) is 5.24. The van der Waals surface area contributed by atoms with Gasteiger partial charge in [-0.3, -0.25) is 14.6 Å². The van der Waals surface area contributed by atoms with Gasteiger partial charge in [0, 0.05) is 11.3 Å². The van der Waals surface area contributed by atoms with Gasteiger partial charge in [0.05, 0.1) is 6.04 Å². The predicted molar refractivity (Wildman–Crippen MR) is 63.8 cm³/mol. The van der Waals surface area contributed by atoms with Crippen LogP contribution in [0.15, 0.2) is 4.79 Å². The third kappa shape index (κ3) is 1.62. The Balaban J connectivity index is 1.97. The zero-order chi connectivity index (χ0) is 11.0. The maximum Gasteiger partial charge on any atom is 0.267 e. The van der Waals surface area contributed by atoms with E-state index >= 15 is 0 Å². The highest BCUT2D eigenvalue weighted by Gasteiger charge is 2.23. The largest absolute Gasteiger partial charge is 0.286 e. The van der Waals surface area contributed by atoms with Gasteiger partial charge >= 0.3 is 0 Å². The van der Waals surface area contributed by atoms with Gasteiger partial charge in [-0.2, -0.15) is 0 Å². The number of H-pyrrole nitrogens is 1. The lowest BCUT2D eigenvalue weighted by molar-refractivity contribution is 0.319. The van der Waals surface area contributed by atoms with Crippen LogP contribution in [-0.4, -0.2) is 9.78 Å². The molecule has 0 saturated heterocycles. The average molecular weight is 220 g/mol. The van der Waals surface area contributed by atoms with Gasteiger partial charge in [0.15, 0.2) is 0 Å². The van der Waals surface area contributed by atoms with E-state index in [0.717, 1.165) is 18.4 Å². The van der Waals surface area contributed by atoms with Crippen molar-refractivity contribution < 1.29 is 0 Å². The number of hydrogen-bond donors (Lipinski definition) is 1. The Hall–Kier alpha value is -0.990. The quantitative estimate of drug-likeness (QED) is 0.776. The molecule has 2 aliphatic carbocycles. The lowest BCUT2D eigenvalue weighted by Gasteiger charge is -2.25. The fraction of sp³-hybridized carbons (Fsp3) is 0.769. The second kappa shape index (κ2) is 4.11. The van der Waals surface area contributed by atoms with Crippen molar-refractivity contribution in [3.8, 4) is 0 Å². The van der Waals surface area contributed by atoms with E-state index in [9.17, 15) is 4.79 Å². The van der Waals surface area contributed by atoms with E-state index < -0.39 is 0 Å². The van der Waals surface area contributed by atoms with Crippen LogP contribution in [0.25, 0.3) is 0 Å². The number of nitrogens with zero attached hydrogens (tertiary/aromatic N) is 1. The molecule has 0 amide bonds. The SMILES string of the molecule is O=c1[nH]n(C2CCCCC2)c2c1CCCC2. The first-order valence-electron chi connectivity index (χ1n) is 6.68. The summed E-state index contributed by atoms with van der Waals surface area (Å²) in [6.07, 6.45) is 11.0. The zero-order valence-electron chi connectivity index (χ0n) is 9.80. The van der Waals surface area contributed by atoms with Gasteiger partial charge in [0.1, 0.15) is 0 Å². The number of aromatic amines is 1. The summed E-state index contributed by atoms with van der Waals surface area (Å²) in [6.45, 7) is 0. The molecule has 1 aromatic rings. The second-order valence-corrected chi connectivity index (χ2v) is 5.24. The summed E-state index contributed by atoms with van der Waals surface area (Å²) in [5.41, 5.74) is 2.58. The molecule has 0 aliphatic heterocycles. The topological polar surface area (TPSA) is 37.8 Å². The maximum atomic E-state index is 11.9. The van der Waals surface area contributed by atoms with Crippen LogP contribution >= 0.6 is 0 Å². The molecule has 88 valence electrons. The summed E-state index contributed by atoms with van der Waals surface area (Å²) in [4.78, 5) is 11.9. The Labute approximate surface area is 95.8 Å². The van der Waals surface area contributed by atoms with Crippen LogP contribution < -0.4 is 5.56 Å². The van der Waals surface area contributed by atoms with Gasteiger partial charge in [-0.25, -0.2) is 0 Å². The highest BCUT2D eigenvalue weighted by Crippen LogP contribution is 2.30. The molecule has 0 atom stereocenters. The van der Waals surface area contributed by atoms with Crippen molar-refractivity contribution in [1.82, 2.24) is 9.78 Å². The standard InChI is InChI=1S/C13H20N2O/c16-13-11-8-4-5-9-12(11)15(14-13)10-6-2-1-3-7-10/h10H,1-9H2,(H,14,16). The van der Waals surface area contributed by atoms with Gasteiger partial charge in [0.2, 0.25) is 0 Å². The normalized spacial score (nSPS) is 22.0. The van der Waals surface area contributed by atoms with E-state index in [1.807, 2.05) is 0 Å². The van der Waals surface area contributed by atoms with Gasteiger partial charge < -0.3 is 0 Å². The Kier molecular flexibility index (Phi) is 2.62. The van der Waals surface area contributed by atoms with Gasteiger partial charge in [0.25, 0.3) is 5.56 Å². The first kappa shape index (κ1) is 10.2. The number of rotatable bonds is 1. The smallest absolute Gasteiger partial charge is 0.267 e. The fourth-order valence-corrected chi connectivity index (χ4v) is 3.30. The van der Waals surface area contributed by atoms with E-state index in [0.29, 0.717) is 6.04 Å². The van der Waals surface area contributed by atoms with Crippen LogP contribution in [0.1, 0.15) is 62.2 Å². The predicted octanol–water partition coefficient (Wildman–Crippen LogP) is 2.56. The summed E-state index contributed by atoms with van der Waals surface area (Å²) in [5, 5.41) is 3.09. The number of hydrogen-bond acceptors (Lipinski definition) is 1. The molecule has 0 unspecified atom stereocenters. The minimum Gasteiger partial charge on any atom is -0.286 e. The van der Waals surface area contributed by atoms with E-state index in [-0.39, 0.29) is 5.56 Å². The van der Waals surface area contributed by atoms with Crippen molar-refractivity contribution >= 4 is 0 Å². The van der Waals surface area contributed by atoms with Crippen molar-refractivity contribution in [2.45, 2.75) is 63.8 Å². The maximum absolute atomic E-state index is 11.9. The first-order valence-corrected chi connectivity index (χ1v) is 6.68. The third-order valence-corrected chi connectivity index (χ3v) is 4.17. The molecule has 0 spiro atoms. The lowest BCUT2D eigenvalue weighted by Crippen LogP contribution is -2.18. The monoisotopic (exact) mass is 220 g/mol. The summed E-state index contributed by atoms with van der Waals surface area (Å²) in [6, 6.07) is 0.572. The molecular formula is C13H20N2O. The molecule has 1 heterocycles. The van der Waals surface area contributed by atoms with Crippen molar-refractivity contribution in [2.24, 2.45) is 0 Å². The van der Waals surface area contributed by atoms with Crippen molar-refractivity contribution in [2.75, 3.05) is 0 Å². The number of fused-ring (bicyclic) bond motifs is 1. The first-order chi connectivity index (χ1) is 7.86. The molecule has 3 rings (SSSR count). The number of aromatic nitrogens is 2. The molecule has 3 nitrogen and oxygen atoms in total. The molecule has 16 heavy (non-hydrogen) atoms. The van der Waals surface area contributed by atoms with Crippen LogP contribution in [0.2, 0.25) is 0 Å². The zero-order valence-corrected chi connectivity index (χ0v) is 9.80. The highest BCUT2D eigenvalue weighted by atomic mass is 16.1. The fourth-order valence-electron chi connectivity index (χ4n) is 3.30. The van der Waals surface area contributed by atoms with Crippen LogP contribution in [0.5, 0.6) is 0 Å². The van der Waals surface area contributed by atoms with Crippen molar-refractivity contribution in [3.63, 3.8) is 0 Å². The van der Waals surface area contributed by atoms with Gasteiger partial charge in [-0.15, -0.1) is 0 Å². The van der Waals surface area contributed by atoms with E-state index in [1.54, 1.807) is 0 Å². The van der Waals surface area contributed by atoms with Gasteiger partial charge in [-0.1, -0.05) is 19.3 Å². The van der Waals surface area contributed by atoms with E-state index in [4.69, 9.17) is 0 Å². The molecule has 0 radical (unpaired) electrons. The molecular weight excluding hydrogens is 200 g/mol. The molecule has 2 aliphatic rings. The Bertz CT molecular complexity index is 424. The highest BCUT2D eigenvalue weighted by molar-refractivity contribution is 5.21. The lowest BCUT2D eigenvalue weighted by atomic mass is 9.93. The summed E-state index contributed by atoms with van der Waals surface area (Å²) in [7, 11) is 0. The summed E-state index contributed by atoms with van der Waals surface area (Å²) < 4.78 is 2.22. The molecule has 3 heteroatoms. The van der Waals surface area contributed by atoms with Crippen LogP contribution in [0.4, 0.5) is 0 Å². The van der Waals surface area contributed by atoms with Crippen molar-refractivity contribution in [3.05, 3.63) is 21.6 Å². The summed E-state index contributed by atoms with van der Waals surface area (Å²) in [5.74, 6) is 0.